The standard InChI is InChI=1S/C14H12N2O2.C12H8N2O2.C8H4N2O2.C4H8.CH2I.CH4.2CH3.5HI.3V/c1-3-5-17-13-7-11(9-15)12(10-16)8-14(13)18-6-4-2;13-7-9-5-11-12(6-10(9)8-14)16-4-2-1-3-15-11;9-3-5-1-7(11)8(12)2-6(5)4-10;1-3-4-2;1-2;;;;;;;;;;;/h3-4,7-8H,1-2,5-6H2;1-2,5-6H,3-4H2;1-2,11-12H;3H,1,4H2,2H3;1H2;1H4;2*1H3;5*1H;;;/q;;;;-1;;2*-1;;;;;;;+2;+3/p-5/b;2-1-;;;;;;;;;;;;;;. The first-order valence-electron chi connectivity index (χ1n) is 15.6. The van der Waals surface area contributed by atoms with Crippen molar-refractivity contribution in [3.8, 4) is 70.9 Å². The van der Waals surface area contributed by atoms with E-state index < -0.39 is 11.5 Å². The van der Waals surface area contributed by atoms with Crippen molar-refractivity contribution in [1.29, 1.82) is 31.6 Å². The number of benzene rings is 3. The van der Waals surface area contributed by atoms with E-state index in [4.69, 9.17) is 60.7 Å². The molecule has 3 aromatic rings. The van der Waals surface area contributed by atoms with E-state index >= 15 is 0 Å². The van der Waals surface area contributed by atoms with Gasteiger partial charge in [0.25, 0.3) is 0 Å². The molecule has 2 N–H and O–H groups in total. The van der Waals surface area contributed by atoms with E-state index in [1.165, 1.54) is 24.3 Å². The van der Waals surface area contributed by atoms with Gasteiger partial charge in [0.15, 0.2) is 34.5 Å². The first kappa shape index (κ1) is 75.8. The molecule has 1 aliphatic rings. The van der Waals surface area contributed by atoms with Gasteiger partial charge in [-0.2, -0.15) is 31.6 Å². The fourth-order valence-electron chi connectivity index (χ4n) is 3.41. The van der Waals surface area contributed by atoms with Crippen LogP contribution in [0.2, 0.25) is 0 Å². The van der Waals surface area contributed by atoms with Crippen LogP contribution in [0.5, 0.6) is 34.5 Å². The van der Waals surface area contributed by atoms with Crippen LogP contribution >= 0.6 is 122 Å². The molecule has 1 radical (unpaired) electrons. The van der Waals surface area contributed by atoms with Crippen molar-refractivity contribution in [3.63, 3.8) is 0 Å². The molecule has 21 heteroatoms. The Balaban J connectivity index is -0.000000129. The summed E-state index contributed by atoms with van der Waals surface area (Å²) in [7, 11) is 0.628. The summed E-state index contributed by atoms with van der Waals surface area (Å²) in [5, 5.41) is 70.4. The summed E-state index contributed by atoms with van der Waals surface area (Å²) in [5.41, 5.74) is 1.20. The zero-order chi connectivity index (χ0) is 45.6. The van der Waals surface area contributed by atoms with Crippen LogP contribution in [0.4, 0.5) is 0 Å². The maximum Gasteiger partial charge on any atom is 0 e. The van der Waals surface area contributed by atoms with Crippen LogP contribution in [-0.4, -0.2) is 36.6 Å². The van der Waals surface area contributed by atoms with Gasteiger partial charge in [0.05, 0.1) is 33.4 Å². The van der Waals surface area contributed by atoms with Gasteiger partial charge in [0, 0.05) is 55.0 Å². The second-order valence-corrected chi connectivity index (χ2v) is 56.7. The molecule has 0 atom stereocenters. The Morgan fingerprint density at radius 1 is 0.651 bits per heavy atom. The smallest absolute Gasteiger partial charge is 0 e. The average molecular weight is 1640 g/mol. The van der Waals surface area contributed by atoms with Gasteiger partial charge >= 0.3 is 114 Å². The fourth-order valence-corrected chi connectivity index (χ4v) is 3.41. The van der Waals surface area contributed by atoms with E-state index in [1.807, 2.05) is 65.1 Å². The molecule has 0 saturated carbocycles. The van der Waals surface area contributed by atoms with Crippen LogP contribution in [0.15, 0.2) is 86.5 Å². The summed E-state index contributed by atoms with van der Waals surface area (Å²) < 4.78 is 21.6. The third-order valence-corrected chi connectivity index (χ3v) is 5.84. The van der Waals surface area contributed by atoms with Crippen LogP contribution in [0.25, 0.3) is 0 Å². The van der Waals surface area contributed by atoms with E-state index in [2.05, 4.69) is 131 Å². The first-order valence-corrected chi connectivity index (χ1v) is 39.7. The topological polar surface area (TPSA) is 220 Å². The Morgan fingerprint density at radius 3 is 1.11 bits per heavy atom. The maximum absolute atomic E-state index is 8.94. The van der Waals surface area contributed by atoms with E-state index in [1.54, 1.807) is 24.3 Å². The number of nitriles is 6. The van der Waals surface area contributed by atoms with Crippen molar-refractivity contribution in [2.45, 2.75) is 20.8 Å². The summed E-state index contributed by atoms with van der Waals surface area (Å²) in [6, 6.07) is 19.4. The molecule has 63 heavy (non-hydrogen) atoms. The first-order chi connectivity index (χ1) is 28.4. The Morgan fingerprint density at radius 2 is 0.889 bits per heavy atom. The summed E-state index contributed by atoms with van der Waals surface area (Å²) in [4.78, 5) is 2.94. The van der Waals surface area contributed by atoms with E-state index in [0.717, 1.165) is 18.6 Å². The van der Waals surface area contributed by atoms with Crippen LogP contribution in [0, 0.1) is 87.8 Å². The van der Waals surface area contributed by atoms with Gasteiger partial charge in [-0.15, -0.1) is 6.58 Å². The Hall–Kier alpha value is -1.51. The van der Waals surface area contributed by atoms with E-state index in [-0.39, 0.29) is 68.0 Å². The van der Waals surface area contributed by atoms with Crippen molar-refractivity contribution in [3.05, 3.63) is 140 Å². The van der Waals surface area contributed by atoms with Gasteiger partial charge in [0.1, 0.15) is 62.8 Å². The summed E-state index contributed by atoms with van der Waals surface area (Å²) in [6.45, 7) is 14.1. The van der Waals surface area contributed by atoms with E-state index in [0.29, 0.717) is 70.0 Å². The predicted molar refractivity (Wildman–Crippen MR) is 292 cm³/mol. The number of hydrogen-bond donors (Lipinski definition) is 2. The third kappa shape index (κ3) is 35.4. The number of rotatable bonds is 7. The Labute approximate surface area is 466 Å². The normalized spacial score (nSPS) is 9.25. The number of aromatic hydroxyl groups is 2. The molecule has 0 aliphatic carbocycles. The molecule has 1 heterocycles. The molecule has 0 bridgehead atoms. The Kier molecular flexibility index (Phi) is 61.9. The van der Waals surface area contributed by atoms with Crippen molar-refractivity contribution in [2.24, 2.45) is 0 Å². The van der Waals surface area contributed by atoms with Gasteiger partial charge in [-0.1, -0.05) is 45.7 Å². The Bertz CT molecular complexity index is 1940. The van der Waals surface area contributed by atoms with Gasteiger partial charge in [-0.05, 0) is 18.6 Å². The van der Waals surface area contributed by atoms with Crippen molar-refractivity contribution in [2.75, 3.05) is 26.4 Å². The van der Waals surface area contributed by atoms with Crippen LogP contribution in [0.1, 0.15) is 54.2 Å². The number of phenols is 2. The zero-order valence-electron chi connectivity index (χ0n) is 33.5. The summed E-state index contributed by atoms with van der Waals surface area (Å²) in [5.74, 6) is 1.02. The molecule has 3 aromatic carbocycles. The quantitative estimate of drug-likeness (QED) is 0.0976. The maximum atomic E-state index is 8.94. The molecule has 0 fully saturated rings. The van der Waals surface area contributed by atoms with Gasteiger partial charge < -0.3 is 66.6 Å². The molecule has 0 unspecified atom stereocenters. The summed E-state index contributed by atoms with van der Waals surface area (Å²) >= 11 is 14.0. The second kappa shape index (κ2) is 51.5. The van der Waals surface area contributed by atoms with Crippen LogP contribution in [0.3, 0.4) is 0 Å². The molecular weight excluding hydrogens is 1600 g/mol. The van der Waals surface area contributed by atoms with Gasteiger partial charge in [-0.25, -0.2) is 0 Å². The predicted octanol–water partition coefficient (Wildman–Crippen LogP) is 13.9. The number of phenolic OH excluding ortho intramolecular Hbond substituents is 2. The minimum atomic E-state index is -0.398. The van der Waals surface area contributed by atoms with Gasteiger partial charge in [-0.3, -0.25) is 4.93 Å². The SMILES string of the molecule is C.C=CCC.C=CCOc1cc(C#N)c(C#N)cc1OCC=C.N#Cc1cc(O)c(O)cc1C#N.N#Cc1cc2c(cc1C#N)OC/C=C\CO2.[CH2-]I.[CH3-].[CH3-].[I][V]([I])[I].[I][V][I].[V]. The fraction of sp³-hybridized carbons (Fsp3) is 0.167. The molecule has 1 aliphatic heterocycles. The van der Waals surface area contributed by atoms with Crippen LogP contribution in [-0.2, 0) is 32.9 Å². The molecule has 338 valence electrons. The molecule has 0 aromatic heterocycles. The third-order valence-electron chi connectivity index (χ3n) is 5.84. The zero-order valence-corrected chi connectivity index (χ0v) is 50.7. The van der Waals surface area contributed by atoms with E-state index in [9.17, 15) is 0 Å². The minimum Gasteiger partial charge on any atom is 0 e. The molecule has 0 amide bonds. The largest absolute Gasteiger partial charge is 0 e. The monoisotopic (exact) mass is 1640 g/mol. The van der Waals surface area contributed by atoms with Crippen molar-refractivity contribution >= 4 is 122 Å². The minimum absolute atomic E-state index is 0. The molecule has 0 saturated heterocycles. The number of nitrogens with zero attached hydrogens (tertiary/aromatic N) is 6. The number of halogens is 6. The molecule has 12 nitrogen and oxygen atoms in total. The molecule has 4 rings (SSSR count). The average Bonchev–Trinajstić information content (AvgIpc) is 3.24. The number of fused-ring (bicyclic) bond motifs is 1. The number of hydrogen-bond acceptors (Lipinski definition) is 12. The second-order valence-electron chi connectivity index (χ2n) is 9.49. The summed E-state index contributed by atoms with van der Waals surface area (Å²) in [6.07, 6.45) is 9.81. The van der Waals surface area contributed by atoms with Crippen molar-refractivity contribution < 1.29 is 62.1 Å². The van der Waals surface area contributed by atoms with Gasteiger partial charge in [0.2, 0.25) is 0 Å². The number of ether oxygens (including phenoxy) is 4. The van der Waals surface area contributed by atoms with Crippen LogP contribution < -0.4 is 18.9 Å². The number of allylic oxidation sites excluding steroid dienone is 1. The molecule has 0 spiro atoms. The molecular formula is C42H44I6N6O6V3-3. The van der Waals surface area contributed by atoms with Crippen molar-refractivity contribution in [1.82, 2.24) is 0 Å².